The van der Waals surface area contributed by atoms with Crippen molar-refractivity contribution in [3.63, 3.8) is 0 Å². The Kier molecular flexibility index (Phi) is 64.9. The summed E-state index contributed by atoms with van der Waals surface area (Å²) < 4.78 is 16.9. The Bertz CT molecular complexity index is 1890. The van der Waals surface area contributed by atoms with E-state index in [1.165, 1.54) is 77.0 Å². The Balaban J connectivity index is 4.54. The van der Waals surface area contributed by atoms with E-state index in [1.54, 1.807) is 0 Å². The largest absolute Gasteiger partial charge is 0.462 e. The molecule has 0 aliphatic heterocycles. The molecule has 6 heteroatoms. The molecule has 0 aromatic carbocycles. The fourth-order valence-corrected chi connectivity index (χ4v) is 8.71. The number of carbonyl (C=O) groups is 3. The molecule has 0 N–H and O–H groups in total. The molecule has 0 amide bonds. The van der Waals surface area contributed by atoms with Gasteiger partial charge in [0.25, 0.3) is 0 Å². The van der Waals surface area contributed by atoms with Gasteiger partial charge in [-0.1, -0.05) is 274 Å². The maximum absolute atomic E-state index is 12.9. The van der Waals surface area contributed by atoms with E-state index in [2.05, 4.69) is 191 Å². The first-order valence-electron chi connectivity index (χ1n) is 33.6. The van der Waals surface area contributed by atoms with Gasteiger partial charge in [-0.05, 0) is 154 Å². The first-order valence-corrected chi connectivity index (χ1v) is 33.6. The molecule has 0 aliphatic carbocycles. The Morgan fingerprint density at radius 3 is 0.771 bits per heavy atom. The van der Waals surface area contributed by atoms with Crippen LogP contribution in [0.25, 0.3) is 0 Å². The van der Waals surface area contributed by atoms with Gasteiger partial charge in [-0.2, -0.15) is 0 Å². The second-order valence-corrected chi connectivity index (χ2v) is 21.6. The van der Waals surface area contributed by atoms with Crippen LogP contribution in [0.5, 0.6) is 0 Å². The number of carbonyl (C=O) groups excluding carboxylic acids is 3. The fraction of sp³-hybridized carbons (Fsp3) is 0.597. The lowest BCUT2D eigenvalue weighted by Gasteiger charge is -2.18. The minimum atomic E-state index is -0.820. The summed E-state index contributed by atoms with van der Waals surface area (Å²) in [6.07, 6.45) is 102. The van der Waals surface area contributed by atoms with Gasteiger partial charge in [0.2, 0.25) is 0 Å². The van der Waals surface area contributed by atoms with Crippen LogP contribution in [0.1, 0.15) is 278 Å². The SMILES string of the molecule is CC/C=C\C/C=C\C/C=C\C/C=C\C/C=C\C/C=C\C/C=C\C/C=C\CCCCC(=O)OCC(COC(=O)CCCCCCCCC/C=C\CCCCCCCC)OC(=O)CCCCCCC/C=C\C/C=C\C/C=C\C/C=C\C/C=C\CC. The van der Waals surface area contributed by atoms with Crippen LogP contribution in [0.2, 0.25) is 0 Å². The van der Waals surface area contributed by atoms with Gasteiger partial charge in [-0.15, -0.1) is 0 Å². The average Bonchev–Trinajstić information content (AvgIpc) is 3.49. The predicted octanol–water partition coefficient (Wildman–Crippen LogP) is 23.4. The number of hydrogen-bond acceptors (Lipinski definition) is 6. The Morgan fingerprint density at radius 1 is 0.253 bits per heavy atom. The van der Waals surface area contributed by atoms with Crippen molar-refractivity contribution in [2.75, 3.05) is 13.2 Å². The second kappa shape index (κ2) is 69.3. The Labute approximate surface area is 511 Å². The van der Waals surface area contributed by atoms with Gasteiger partial charge in [-0.3, -0.25) is 14.4 Å². The summed E-state index contributed by atoms with van der Waals surface area (Å²) in [7, 11) is 0. The summed E-state index contributed by atoms with van der Waals surface area (Å²) in [5, 5.41) is 0. The molecule has 0 heterocycles. The number of ether oxygens (including phenoxy) is 3. The van der Waals surface area contributed by atoms with E-state index in [0.717, 1.165) is 154 Å². The van der Waals surface area contributed by atoms with Crippen LogP contribution in [-0.2, 0) is 28.6 Å². The zero-order valence-corrected chi connectivity index (χ0v) is 53.4. The van der Waals surface area contributed by atoms with E-state index in [1.807, 2.05) is 0 Å². The lowest BCUT2D eigenvalue weighted by Crippen LogP contribution is -2.30. The van der Waals surface area contributed by atoms with Crippen LogP contribution < -0.4 is 0 Å². The number of unbranched alkanes of at least 4 members (excludes halogenated alkanes) is 20. The second-order valence-electron chi connectivity index (χ2n) is 21.6. The van der Waals surface area contributed by atoms with Crippen LogP contribution in [0.4, 0.5) is 0 Å². The van der Waals surface area contributed by atoms with Gasteiger partial charge in [-0.25, -0.2) is 0 Å². The molecule has 0 aromatic heterocycles. The fourth-order valence-electron chi connectivity index (χ4n) is 8.71. The summed E-state index contributed by atoms with van der Waals surface area (Å²) in [5.41, 5.74) is 0. The number of rotatable bonds is 59. The highest BCUT2D eigenvalue weighted by Crippen LogP contribution is 2.14. The van der Waals surface area contributed by atoms with Crippen molar-refractivity contribution in [1.29, 1.82) is 0 Å². The smallest absolute Gasteiger partial charge is 0.306 e. The van der Waals surface area contributed by atoms with Crippen molar-refractivity contribution in [3.05, 3.63) is 170 Å². The maximum atomic E-state index is 12.9. The molecule has 83 heavy (non-hydrogen) atoms. The van der Waals surface area contributed by atoms with Crippen molar-refractivity contribution in [2.45, 2.75) is 284 Å². The molecule has 0 rings (SSSR count). The Morgan fingerprint density at radius 2 is 0.470 bits per heavy atom. The van der Waals surface area contributed by atoms with Gasteiger partial charge in [0, 0.05) is 19.3 Å². The third-order valence-corrected chi connectivity index (χ3v) is 13.7. The van der Waals surface area contributed by atoms with Crippen molar-refractivity contribution >= 4 is 17.9 Å². The minimum Gasteiger partial charge on any atom is -0.462 e. The molecule has 0 aromatic rings. The molecular formula is C77H122O6. The molecule has 0 radical (unpaired) electrons. The molecule has 6 nitrogen and oxygen atoms in total. The molecule has 0 aliphatic rings. The lowest BCUT2D eigenvalue weighted by atomic mass is 10.1. The van der Waals surface area contributed by atoms with E-state index < -0.39 is 6.10 Å². The standard InChI is InChI=1S/C77H122O6/c1-4-7-10-13-16-19-22-25-28-31-33-35-36-37-38-39-40-42-43-46-49-52-55-58-61-64-67-70-76(79)82-73-74(72-81-75(78)69-66-63-60-57-54-51-48-45-30-27-24-21-18-15-12-9-6-3)83-77(80)71-68-65-62-59-56-53-50-47-44-41-34-32-29-26-23-20-17-14-11-8-5-2/h7-8,10-11,16-17,19-20,25-30,33-35,37-38,40-42,46-47,49-50,55,58,74H,4-6,9,12-15,18,21-24,31-32,36,39,43-45,48,51-54,56-57,59-73H2,1-3H3/b10-7-,11-8-,19-16-,20-17-,28-25-,29-26-,30-27-,35-33-,38-37-,41-34-,42-40-,49-46-,50-47-,58-55-. The highest BCUT2D eigenvalue weighted by molar-refractivity contribution is 5.71. The van der Waals surface area contributed by atoms with Crippen LogP contribution >= 0.6 is 0 Å². The van der Waals surface area contributed by atoms with Gasteiger partial charge >= 0.3 is 17.9 Å². The van der Waals surface area contributed by atoms with Gasteiger partial charge in [0.1, 0.15) is 13.2 Å². The maximum Gasteiger partial charge on any atom is 0.306 e. The number of hydrogen-bond donors (Lipinski definition) is 0. The first-order chi connectivity index (χ1) is 41.0. The topological polar surface area (TPSA) is 78.9 Å². The van der Waals surface area contributed by atoms with E-state index in [-0.39, 0.29) is 44.0 Å². The average molecular weight is 1140 g/mol. The molecule has 0 saturated heterocycles. The molecule has 0 spiro atoms. The minimum absolute atomic E-state index is 0.109. The van der Waals surface area contributed by atoms with E-state index >= 15 is 0 Å². The molecule has 0 saturated carbocycles. The number of esters is 3. The van der Waals surface area contributed by atoms with Crippen LogP contribution in [0.3, 0.4) is 0 Å². The Hall–Kier alpha value is -5.23. The summed E-state index contributed by atoms with van der Waals surface area (Å²) >= 11 is 0. The van der Waals surface area contributed by atoms with Crippen LogP contribution in [0.15, 0.2) is 170 Å². The molecular weight excluding hydrogens is 1020 g/mol. The monoisotopic (exact) mass is 1140 g/mol. The quantitative estimate of drug-likeness (QED) is 0.0261. The van der Waals surface area contributed by atoms with E-state index in [9.17, 15) is 14.4 Å². The predicted molar refractivity (Wildman–Crippen MR) is 361 cm³/mol. The summed E-state index contributed by atoms with van der Waals surface area (Å²) in [6.45, 7) is 6.36. The zero-order valence-electron chi connectivity index (χ0n) is 53.4. The third-order valence-electron chi connectivity index (χ3n) is 13.7. The normalized spacial score (nSPS) is 13.2. The molecule has 1 unspecified atom stereocenters. The van der Waals surface area contributed by atoms with Gasteiger partial charge in [0.05, 0.1) is 0 Å². The molecule has 1 atom stereocenters. The third kappa shape index (κ3) is 67.4. The van der Waals surface area contributed by atoms with Crippen molar-refractivity contribution in [1.82, 2.24) is 0 Å². The van der Waals surface area contributed by atoms with Gasteiger partial charge < -0.3 is 14.2 Å². The molecule has 466 valence electrons. The van der Waals surface area contributed by atoms with Crippen LogP contribution in [-0.4, -0.2) is 37.2 Å². The number of allylic oxidation sites excluding steroid dienone is 28. The van der Waals surface area contributed by atoms with Crippen molar-refractivity contribution < 1.29 is 28.6 Å². The summed E-state index contributed by atoms with van der Waals surface area (Å²) in [5.74, 6) is -0.980. The van der Waals surface area contributed by atoms with Crippen molar-refractivity contribution in [2.24, 2.45) is 0 Å². The summed E-state index contributed by atoms with van der Waals surface area (Å²) in [4.78, 5) is 38.4. The van der Waals surface area contributed by atoms with Crippen molar-refractivity contribution in [3.8, 4) is 0 Å². The van der Waals surface area contributed by atoms with E-state index in [0.29, 0.717) is 12.8 Å². The highest BCUT2D eigenvalue weighted by atomic mass is 16.6. The highest BCUT2D eigenvalue weighted by Gasteiger charge is 2.19. The first kappa shape index (κ1) is 77.8. The lowest BCUT2D eigenvalue weighted by molar-refractivity contribution is -0.167. The molecule has 0 fully saturated rings. The summed E-state index contributed by atoms with van der Waals surface area (Å²) in [6, 6.07) is 0. The van der Waals surface area contributed by atoms with Gasteiger partial charge in [0.15, 0.2) is 6.10 Å². The van der Waals surface area contributed by atoms with Crippen LogP contribution in [0, 0.1) is 0 Å². The zero-order chi connectivity index (χ0) is 59.9. The van der Waals surface area contributed by atoms with E-state index in [4.69, 9.17) is 14.2 Å². The molecule has 0 bridgehead atoms.